The lowest BCUT2D eigenvalue weighted by molar-refractivity contribution is 0.412. The number of halogens is 1. The molecule has 0 saturated carbocycles. The van der Waals surface area contributed by atoms with E-state index in [2.05, 4.69) is 26.0 Å². The van der Waals surface area contributed by atoms with Gasteiger partial charge in [-0.25, -0.2) is 4.52 Å². The molecule has 0 aliphatic rings. The third kappa shape index (κ3) is 1.75. The van der Waals surface area contributed by atoms with Gasteiger partial charge in [0.15, 0.2) is 0 Å². The molecule has 3 aromatic rings. The first-order valence-corrected chi connectivity index (χ1v) is 6.80. The first kappa shape index (κ1) is 11.5. The molecule has 92 valence electrons. The second-order valence-electron chi connectivity index (χ2n) is 3.63. The fourth-order valence-corrected chi connectivity index (χ4v) is 3.10. The van der Waals surface area contributed by atoms with Gasteiger partial charge in [-0.2, -0.15) is 4.98 Å². The Labute approximate surface area is 115 Å². The Morgan fingerprint density at radius 1 is 1.44 bits per heavy atom. The van der Waals surface area contributed by atoms with E-state index < -0.39 is 0 Å². The highest BCUT2D eigenvalue weighted by atomic mass is 79.9. The van der Waals surface area contributed by atoms with Crippen molar-refractivity contribution in [3.05, 3.63) is 28.1 Å². The maximum Gasteiger partial charge on any atom is 0.241 e. The summed E-state index contributed by atoms with van der Waals surface area (Å²) in [6.45, 7) is 0. The van der Waals surface area contributed by atoms with Gasteiger partial charge < -0.3 is 10.5 Å². The molecule has 7 heteroatoms. The number of anilines is 1. The van der Waals surface area contributed by atoms with Gasteiger partial charge in [0.1, 0.15) is 5.75 Å². The Balaban J connectivity index is 2.16. The molecule has 0 unspecified atom stereocenters. The molecular weight excluding hydrogens is 316 g/mol. The van der Waals surface area contributed by atoms with E-state index in [4.69, 9.17) is 10.5 Å². The SMILES string of the molecule is COc1ccc(-c2csc3nc(N)nn23)cc1Br. The standard InChI is InChI=1S/C11H9BrN4OS/c1-17-9-3-2-6(4-7(9)12)8-5-18-11-14-10(13)15-16(8)11/h2-5H,1H3,(H2,13,15). The van der Waals surface area contributed by atoms with Crippen molar-refractivity contribution in [2.45, 2.75) is 0 Å². The molecule has 3 rings (SSSR count). The monoisotopic (exact) mass is 324 g/mol. The van der Waals surface area contributed by atoms with Gasteiger partial charge in [0.2, 0.25) is 10.9 Å². The Bertz CT molecular complexity index is 721. The Hall–Kier alpha value is -1.60. The number of rotatable bonds is 2. The Morgan fingerprint density at radius 3 is 3.00 bits per heavy atom. The average molecular weight is 325 g/mol. The topological polar surface area (TPSA) is 65.4 Å². The van der Waals surface area contributed by atoms with Gasteiger partial charge >= 0.3 is 0 Å². The second kappa shape index (κ2) is 4.25. The van der Waals surface area contributed by atoms with E-state index in [9.17, 15) is 0 Å². The summed E-state index contributed by atoms with van der Waals surface area (Å²) in [6.07, 6.45) is 0. The first-order chi connectivity index (χ1) is 8.69. The molecule has 0 fully saturated rings. The predicted octanol–water partition coefficient (Wildman–Crippen LogP) is 2.81. The third-order valence-corrected chi connectivity index (χ3v) is 3.98. The van der Waals surface area contributed by atoms with Crippen LogP contribution in [0.5, 0.6) is 5.75 Å². The summed E-state index contributed by atoms with van der Waals surface area (Å²) >= 11 is 4.98. The molecule has 1 aromatic carbocycles. The fourth-order valence-electron chi connectivity index (χ4n) is 1.72. The van der Waals surface area contributed by atoms with Crippen molar-refractivity contribution >= 4 is 38.2 Å². The van der Waals surface area contributed by atoms with Crippen molar-refractivity contribution in [2.24, 2.45) is 0 Å². The summed E-state index contributed by atoms with van der Waals surface area (Å²) in [6, 6.07) is 5.87. The summed E-state index contributed by atoms with van der Waals surface area (Å²) in [5, 5.41) is 6.17. The molecule has 0 aliphatic carbocycles. The molecule has 5 nitrogen and oxygen atoms in total. The lowest BCUT2D eigenvalue weighted by atomic mass is 10.2. The normalized spacial score (nSPS) is 11.0. The Kier molecular flexibility index (Phi) is 2.71. The summed E-state index contributed by atoms with van der Waals surface area (Å²) in [7, 11) is 1.64. The van der Waals surface area contributed by atoms with Crippen molar-refractivity contribution < 1.29 is 4.74 Å². The average Bonchev–Trinajstić information content (AvgIpc) is 2.87. The first-order valence-electron chi connectivity index (χ1n) is 5.12. The van der Waals surface area contributed by atoms with Gasteiger partial charge in [0, 0.05) is 10.9 Å². The molecule has 2 N–H and O–H groups in total. The Morgan fingerprint density at radius 2 is 2.28 bits per heavy atom. The predicted molar refractivity (Wildman–Crippen MR) is 75.0 cm³/mol. The highest BCUT2D eigenvalue weighted by Crippen LogP contribution is 2.32. The van der Waals surface area contributed by atoms with Crippen LogP contribution < -0.4 is 10.5 Å². The number of aromatic nitrogens is 3. The van der Waals surface area contributed by atoms with Crippen LogP contribution in [0.2, 0.25) is 0 Å². The van der Waals surface area contributed by atoms with E-state index in [1.165, 1.54) is 11.3 Å². The number of methoxy groups -OCH3 is 1. The van der Waals surface area contributed by atoms with Crippen LogP contribution in [0, 0.1) is 0 Å². The zero-order valence-corrected chi connectivity index (χ0v) is 11.8. The number of hydrogen-bond acceptors (Lipinski definition) is 5. The molecule has 0 aliphatic heterocycles. The number of nitrogens with two attached hydrogens (primary N) is 1. The second-order valence-corrected chi connectivity index (χ2v) is 5.33. The van der Waals surface area contributed by atoms with Crippen LogP contribution >= 0.6 is 27.3 Å². The zero-order chi connectivity index (χ0) is 12.7. The highest BCUT2D eigenvalue weighted by Gasteiger charge is 2.11. The van der Waals surface area contributed by atoms with Gasteiger partial charge in [-0.3, -0.25) is 0 Å². The van der Waals surface area contributed by atoms with E-state index in [-0.39, 0.29) is 5.95 Å². The molecule has 18 heavy (non-hydrogen) atoms. The number of nitrogens with zero attached hydrogens (tertiary/aromatic N) is 3. The third-order valence-electron chi connectivity index (χ3n) is 2.55. The molecule has 2 heterocycles. The smallest absolute Gasteiger partial charge is 0.241 e. The van der Waals surface area contributed by atoms with Crippen molar-refractivity contribution in [1.29, 1.82) is 0 Å². The lowest BCUT2D eigenvalue weighted by Crippen LogP contribution is -1.92. The van der Waals surface area contributed by atoms with Crippen molar-refractivity contribution in [3.63, 3.8) is 0 Å². The van der Waals surface area contributed by atoms with Crippen LogP contribution in [0.25, 0.3) is 16.2 Å². The lowest BCUT2D eigenvalue weighted by Gasteiger charge is -2.05. The largest absolute Gasteiger partial charge is 0.496 e. The molecular formula is C11H9BrN4OS. The van der Waals surface area contributed by atoms with Crippen molar-refractivity contribution in [3.8, 4) is 17.0 Å². The number of thiazole rings is 1. The minimum absolute atomic E-state index is 0.288. The zero-order valence-electron chi connectivity index (χ0n) is 9.42. The number of hydrogen-bond donors (Lipinski definition) is 1. The van der Waals surface area contributed by atoms with Crippen molar-refractivity contribution in [1.82, 2.24) is 14.6 Å². The van der Waals surface area contributed by atoms with Gasteiger partial charge in [0.25, 0.3) is 0 Å². The molecule has 0 atom stereocenters. The number of benzene rings is 1. The van der Waals surface area contributed by atoms with E-state index in [0.717, 1.165) is 26.4 Å². The summed E-state index contributed by atoms with van der Waals surface area (Å²) in [4.78, 5) is 4.91. The van der Waals surface area contributed by atoms with E-state index in [1.54, 1.807) is 11.6 Å². The van der Waals surface area contributed by atoms with Crippen LogP contribution in [0.3, 0.4) is 0 Å². The summed E-state index contributed by atoms with van der Waals surface area (Å²) in [5.74, 6) is 1.08. The quantitative estimate of drug-likeness (QED) is 0.787. The van der Waals surface area contributed by atoms with Gasteiger partial charge in [-0.15, -0.1) is 16.4 Å². The van der Waals surface area contributed by atoms with Crippen LogP contribution in [-0.2, 0) is 0 Å². The maximum atomic E-state index is 5.59. The number of fused-ring (bicyclic) bond motifs is 1. The molecule has 0 saturated heterocycles. The molecule has 2 aromatic heterocycles. The van der Waals surface area contributed by atoms with Crippen LogP contribution in [-0.4, -0.2) is 21.7 Å². The van der Waals surface area contributed by atoms with E-state index in [0.29, 0.717) is 0 Å². The van der Waals surface area contributed by atoms with Crippen LogP contribution in [0.1, 0.15) is 0 Å². The molecule has 0 radical (unpaired) electrons. The highest BCUT2D eigenvalue weighted by molar-refractivity contribution is 9.10. The molecule has 0 bridgehead atoms. The summed E-state index contributed by atoms with van der Waals surface area (Å²) in [5.41, 5.74) is 7.58. The van der Waals surface area contributed by atoms with Gasteiger partial charge in [0.05, 0.1) is 17.3 Å². The molecule has 0 spiro atoms. The number of nitrogen functional groups attached to an aromatic ring is 1. The van der Waals surface area contributed by atoms with Gasteiger partial charge in [-0.1, -0.05) is 0 Å². The van der Waals surface area contributed by atoms with E-state index in [1.807, 2.05) is 23.6 Å². The van der Waals surface area contributed by atoms with Gasteiger partial charge in [-0.05, 0) is 34.1 Å². The van der Waals surface area contributed by atoms with E-state index >= 15 is 0 Å². The summed E-state index contributed by atoms with van der Waals surface area (Å²) < 4.78 is 7.85. The maximum absolute atomic E-state index is 5.59. The number of ether oxygens (including phenoxy) is 1. The van der Waals surface area contributed by atoms with Crippen LogP contribution in [0.4, 0.5) is 5.95 Å². The molecule has 0 amide bonds. The van der Waals surface area contributed by atoms with Crippen LogP contribution in [0.15, 0.2) is 28.1 Å². The van der Waals surface area contributed by atoms with Crippen molar-refractivity contribution in [2.75, 3.05) is 12.8 Å². The minimum atomic E-state index is 0.288. The fraction of sp³-hybridized carbons (Fsp3) is 0.0909. The minimum Gasteiger partial charge on any atom is -0.496 e.